The van der Waals surface area contributed by atoms with Crippen molar-refractivity contribution in [2.75, 3.05) is 0 Å². The Morgan fingerprint density at radius 1 is 0.344 bits per heavy atom. The molecule has 0 radical (unpaired) electrons. The van der Waals surface area contributed by atoms with Gasteiger partial charge < -0.3 is 0 Å². The van der Waals surface area contributed by atoms with Gasteiger partial charge in [0.2, 0.25) is 0 Å². The Morgan fingerprint density at radius 2 is 0.754 bits per heavy atom. The second-order valence-corrected chi connectivity index (χ2v) is 17.4. The van der Waals surface area contributed by atoms with Gasteiger partial charge in [-0.05, 0) is 120 Å². The van der Waals surface area contributed by atoms with E-state index >= 15 is 0 Å². The first-order chi connectivity index (χ1) is 29.9. The molecule has 1 unspecified atom stereocenters. The van der Waals surface area contributed by atoms with Crippen LogP contribution in [0.2, 0.25) is 0 Å². The Balaban J connectivity index is 0.863. The van der Waals surface area contributed by atoms with Gasteiger partial charge >= 0.3 is 0 Å². The predicted octanol–water partition coefficient (Wildman–Crippen LogP) is 16.4. The van der Waals surface area contributed by atoms with Crippen molar-refractivity contribution in [2.24, 2.45) is 0 Å². The summed E-state index contributed by atoms with van der Waals surface area (Å²) in [5, 5.41) is 0. The SMILES string of the molecule is Cc1cccc(C(CCc2ccc3c(c2)C(C)(C)c2cc(-c4ccc(-c5ccc(-c6ccccc6)cc5)cc4)ccc2-3)c2ccc(-c3ccc(-c4ccccc4)cc3)cc2)c1. The summed E-state index contributed by atoms with van der Waals surface area (Å²) in [5.41, 5.74) is 23.4. The molecule has 0 nitrogen and oxygen atoms in total. The smallest absolute Gasteiger partial charge is 0.0159 e. The van der Waals surface area contributed by atoms with E-state index in [4.69, 9.17) is 0 Å². The van der Waals surface area contributed by atoms with E-state index < -0.39 is 0 Å². The summed E-state index contributed by atoms with van der Waals surface area (Å²) in [6.07, 6.45) is 2.05. The normalized spacial score (nSPS) is 13.0. The quantitative estimate of drug-likeness (QED) is 0.130. The largest absolute Gasteiger partial charge is 0.0622 e. The van der Waals surface area contributed by atoms with Crippen molar-refractivity contribution in [3.63, 3.8) is 0 Å². The summed E-state index contributed by atoms with van der Waals surface area (Å²) in [5.74, 6) is 0.301. The highest BCUT2D eigenvalue weighted by Crippen LogP contribution is 2.50. The molecule has 0 saturated heterocycles. The first-order valence-electron chi connectivity index (χ1n) is 21.7. The van der Waals surface area contributed by atoms with Crippen LogP contribution in [-0.2, 0) is 11.8 Å². The third kappa shape index (κ3) is 7.67. The summed E-state index contributed by atoms with van der Waals surface area (Å²) in [4.78, 5) is 0. The molecule has 0 N–H and O–H groups in total. The molecule has 0 aromatic heterocycles. The second kappa shape index (κ2) is 16.2. The van der Waals surface area contributed by atoms with E-state index in [0.29, 0.717) is 5.92 Å². The molecule has 9 aromatic carbocycles. The van der Waals surface area contributed by atoms with Crippen LogP contribution in [0.1, 0.15) is 59.6 Å². The molecule has 294 valence electrons. The molecule has 1 aliphatic rings. The molecule has 9 aromatic rings. The summed E-state index contributed by atoms with van der Waals surface area (Å²) < 4.78 is 0. The van der Waals surface area contributed by atoms with Crippen molar-refractivity contribution < 1.29 is 0 Å². The Kier molecular flexibility index (Phi) is 10.1. The highest BCUT2D eigenvalue weighted by atomic mass is 14.4. The van der Waals surface area contributed by atoms with Crippen molar-refractivity contribution in [2.45, 2.75) is 44.9 Å². The maximum Gasteiger partial charge on any atom is 0.0159 e. The Hall–Kier alpha value is -7.02. The fourth-order valence-electron chi connectivity index (χ4n) is 9.58. The standard InChI is InChI=1S/C61H50/c1-42-11-10-16-55(39-42)56(53-33-31-51(32-34-53)49-25-21-47(22-26-49)45-14-8-5-9-15-45)36-17-43-18-37-57-58-38-35-54(41-60(58)61(2,3)59(57)40-43)52-29-27-50(28-30-52)48-23-19-46(20-24-48)44-12-6-4-7-13-44/h4-16,18-35,37-41,56H,17,36H2,1-3H3. The highest BCUT2D eigenvalue weighted by molar-refractivity contribution is 5.84. The van der Waals surface area contributed by atoms with Crippen LogP contribution in [0.15, 0.2) is 218 Å². The minimum atomic E-state index is -0.0950. The van der Waals surface area contributed by atoms with Crippen LogP contribution >= 0.6 is 0 Å². The van der Waals surface area contributed by atoms with E-state index in [2.05, 4.69) is 239 Å². The van der Waals surface area contributed by atoms with Gasteiger partial charge in [0.15, 0.2) is 0 Å². The summed E-state index contributed by atoms with van der Waals surface area (Å²) in [6.45, 7) is 7.01. The molecule has 0 fully saturated rings. The van der Waals surface area contributed by atoms with Crippen molar-refractivity contribution in [3.05, 3.63) is 252 Å². The van der Waals surface area contributed by atoms with Crippen LogP contribution in [0.5, 0.6) is 0 Å². The van der Waals surface area contributed by atoms with Crippen molar-refractivity contribution >= 4 is 0 Å². The van der Waals surface area contributed by atoms with Crippen LogP contribution in [0, 0.1) is 6.92 Å². The maximum atomic E-state index is 2.50. The van der Waals surface area contributed by atoms with Gasteiger partial charge in [0.05, 0.1) is 0 Å². The van der Waals surface area contributed by atoms with Crippen LogP contribution in [0.25, 0.3) is 66.8 Å². The third-order valence-corrected chi connectivity index (χ3v) is 13.1. The summed E-state index contributed by atoms with van der Waals surface area (Å²) >= 11 is 0. The van der Waals surface area contributed by atoms with Crippen LogP contribution in [-0.4, -0.2) is 0 Å². The maximum absolute atomic E-state index is 2.50. The molecule has 1 aliphatic carbocycles. The number of rotatable bonds is 10. The number of hydrogen-bond acceptors (Lipinski definition) is 0. The van der Waals surface area contributed by atoms with Gasteiger partial charge in [-0.1, -0.05) is 232 Å². The lowest BCUT2D eigenvalue weighted by molar-refractivity contribution is 0.657. The molecule has 0 aliphatic heterocycles. The van der Waals surface area contributed by atoms with Gasteiger partial charge in [-0.3, -0.25) is 0 Å². The van der Waals surface area contributed by atoms with Gasteiger partial charge in [-0.25, -0.2) is 0 Å². The molecule has 61 heavy (non-hydrogen) atoms. The number of aryl methyl sites for hydroxylation is 2. The van der Waals surface area contributed by atoms with Gasteiger partial charge in [0, 0.05) is 11.3 Å². The van der Waals surface area contributed by atoms with Crippen LogP contribution < -0.4 is 0 Å². The van der Waals surface area contributed by atoms with E-state index in [-0.39, 0.29) is 5.41 Å². The first kappa shape index (κ1) is 38.2. The molecule has 0 heteroatoms. The molecular formula is C61H50. The lowest BCUT2D eigenvalue weighted by Gasteiger charge is -2.23. The topological polar surface area (TPSA) is 0 Å². The number of fused-ring (bicyclic) bond motifs is 3. The van der Waals surface area contributed by atoms with Gasteiger partial charge in [-0.2, -0.15) is 0 Å². The molecule has 10 rings (SSSR count). The van der Waals surface area contributed by atoms with E-state index in [1.54, 1.807) is 0 Å². The molecule has 0 amide bonds. The molecule has 0 bridgehead atoms. The Labute approximate surface area is 361 Å². The molecule has 0 heterocycles. The zero-order chi connectivity index (χ0) is 41.3. The van der Waals surface area contributed by atoms with Crippen LogP contribution in [0.4, 0.5) is 0 Å². The van der Waals surface area contributed by atoms with Gasteiger partial charge in [0.25, 0.3) is 0 Å². The van der Waals surface area contributed by atoms with E-state index in [0.717, 1.165) is 12.8 Å². The molecule has 0 saturated carbocycles. The first-order valence-corrected chi connectivity index (χ1v) is 21.7. The van der Waals surface area contributed by atoms with Gasteiger partial charge in [0.1, 0.15) is 0 Å². The lowest BCUT2D eigenvalue weighted by Crippen LogP contribution is -2.15. The van der Waals surface area contributed by atoms with Crippen molar-refractivity contribution in [3.8, 4) is 66.8 Å². The van der Waals surface area contributed by atoms with E-state index in [9.17, 15) is 0 Å². The summed E-state index contributed by atoms with van der Waals surface area (Å²) in [7, 11) is 0. The van der Waals surface area contributed by atoms with E-state index in [1.807, 2.05) is 0 Å². The fourth-order valence-corrected chi connectivity index (χ4v) is 9.58. The van der Waals surface area contributed by atoms with E-state index in [1.165, 1.54) is 100 Å². The highest BCUT2D eigenvalue weighted by Gasteiger charge is 2.36. The number of hydrogen-bond donors (Lipinski definition) is 0. The average Bonchev–Trinajstić information content (AvgIpc) is 3.54. The predicted molar refractivity (Wildman–Crippen MR) is 259 cm³/mol. The average molecular weight is 783 g/mol. The lowest BCUT2D eigenvalue weighted by atomic mass is 9.80. The number of benzene rings is 9. The summed E-state index contributed by atoms with van der Waals surface area (Å²) in [6, 6.07) is 80.9. The monoisotopic (exact) mass is 782 g/mol. The van der Waals surface area contributed by atoms with Gasteiger partial charge in [-0.15, -0.1) is 0 Å². The Bertz CT molecular complexity index is 2930. The minimum absolute atomic E-state index is 0.0950. The Morgan fingerprint density at radius 3 is 1.25 bits per heavy atom. The molecular weight excluding hydrogens is 733 g/mol. The van der Waals surface area contributed by atoms with Crippen LogP contribution in [0.3, 0.4) is 0 Å². The minimum Gasteiger partial charge on any atom is -0.0622 e. The third-order valence-electron chi connectivity index (χ3n) is 13.1. The van der Waals surface area contributed by atoms with Crippen molar-refractivity contribution in [1.82, 2.24) is 0 Å². The zero-order valence-electron chi connectivity index (χ0n) is 35.3. The fraction of sp³-hybridized carbons (Fsp3) is 0.115. The second-order valence-electron chi connectivity index (χ2n) is 17.4. The molecule has 0 spiro atoms. The molecule has 1 atom stereocenters. The van der Waals surface area contributed by atoms with Crippen molar-refractivity contribution in [1.29, 1.82) is 0 Å². The zero-order valence-corrected chi connectivity index (χ0v) is 35.3.